The normalized spacial score (nSPS) is 21.1. The number of carbonyl (C=O) groups is 3. The molecule has 4 bridgehead atoms. The van der Waals surface area contributed by atoms with Gasteiger partial charge in [-0.2, -0.15) is 54.0 Å². The molecule has 10 rings (SSSR count). The molecule has 2 amide bonds. The predicted octanol–water partition coefficient (Wildman–Crippen LogP) is 5.72. The van der Waals surface area contributed by atoms with E-state index in [1.54, 1.807) is 53.7 Å². The number of urea groups is 1. The molecule has 10 heterocycles. The molecule has 4 saturated heterocycles. The van der Waals surface area contributed by atoms with Crippen LogP contribution in [0.15, 0.2) is 60.9 Å². The summed E-state index contributed by atoms with van der Waals surface area (Å²) < 4.78 is 43.2. The first kappa shape index (κ1) is 59.4. The summed E-state index contributed by atoms with van der Waals surface area (Å²) in [4.78, 5) is 60.1. The number of rotatable bonds is 9. The number of hydrogen-bond acceptors (Lipinski definition) is 19. The monoisotopic (exact) mass is 1080 g/mol. The third kappa shape index (κ3) is 15.0. The molecule has 4 N–H and O–H groups in total. The van der Waals surface area contributed by atoms with E-state index >= 15 is 0 Å². The van der Waals surface area contributed by atoms with Gasteiger partial charge in [-0.3, -0.25) is 10.2 Å². The van der Waals surface area contributed by atoms with Gasteiger partial charge in [0.25, 0.3) is 0 Å². The quantitative estimate of drug-likeness (QED) is 0.170. The van der Waals surface area contributed by atoms with Gasteiger partial charge in [0.05, 0.1) is 44.8 Å². The predicted molar refractivity (Wildman–Crippen MR) is 292 cm³/mol. The topological polar surface area (TPSA) is 236 Å². The number of nitrogen functional groups attached to an aromatic ring is 1. The van der Waals surface area contributed by atoms with Crippen molar-refractivity contribution in [2.24, 2.45) is 0 Å². The maximum atomic E-state index is 13.5. The van der Waals surface area contributed by atoms with Gasteiger partial charge in [0, 0.05) is 56.7 Å². The maximum absolute atomic E-state index is 13.5. The fourth-order valence-corrected chi connectivity index (χ4v) is 8.77. The molecule has 0 radical (unpaired) electrons. The fraction of sp³-hybridized carbons (Fsp3) is 0.511. The summed E-state index contributed by atoms with van der Waals surface area (Å²) >= 11 is 0. The van der Waals surface area contributed by atoms with Gasteiger partial charge < -0.3 is 58.7 Å². The van der Waals surface area contributed by atoms with Crippen LogP contribution in [0.4, 0.5) is 39.4 Å². The Bertz CT molecular complexity index is 2460. The molecule has 0 saturated carbocycles. The molecule has 396 valence electrons. The van der Waals surface area contributed by atoms with Crippen LogP contribution in [0.3, 0.4) is 0 Å². The zero-order chi connectivity index (χ0) is 48.0. The second kappa shape index (κ2) is 26.2. The van der Waals surface area contributed by atoms with Crippen molar-refractivity contribution in [2.75, 3.05) is 97.9 Å². The first-order valence-electron chi connectivity index (χ1n) is 22.8. The van der Waals surface area contributed by atoms with E-state index in [0.29, 0.717) is 73.7 Å². The number of fused-ring (bicyclic) bond motifs is 8. The molecule has 4 fully saturated rings. The molecule has 25 heteroatoms. The number of esters is 2. The molecule has 6 aliphatic rings. The average Bonchev–Trinajstić information content (AvgIpc) is 3.88. The highest BCUT2D eigenvalue weighted by molar-refractivity contribution is 7.59. The highest BCUT2D eigenvalue weighted by Crippen LogP contribution is 2.39. The van der Waals surface area contributed by atoms with Crippen molar-refractivity contribution in [3.05, 3.63) is 72.3 Å². The number of pyridine rings is 4. The van der Waals surface area contributed by atoms with E-state index in [4.69, 9.17) is 38.9 Å². The van der Waals surface area contributed by atoms with E-state index in [1.807, 2.05) is 39.8 Å². The first-order valence-corrected chi connectivity index (χ1v) is 22.8. The lowest BCUT2D eigenvalue weighted by molar-refractivity contribution is -0.141. The second-order valence-corrected chi connectivity index (χ2v) is 17.9. The second-order valence-electron chi connectivity index (χ2n) is 17.9. The van der Waals surface area contributed by atoms with Gasteiger partial charge in [0.15, 0.2) is 34.6 Å². The molecule has 0 aliphatic carbocycles. The molecule has 4 atom stereocenters. The Morgan fingerprint density at radius 2 is 1.29 bits per heavy atom. The number of ether oxygens (including phenoxy) is 8. The number of aromatic nitrogens is 4. The summed E-state index contributed by atoms with van der Waals surface area (Å²) in [7, 11) is 2.68. The van der Waals surface area contributed by atoms with Crippen LogP contribution in [0, 0.1) is 0 Å². The minimum atomic E-state index is -0.618. The molecule has 0 aromatic carbocycles. The Hall–Kier alpha value is -5.15. The van der Waals surface area contributed by atoms with E-state index in [-0.39, 0.29) is 89.9 Å². The number of hydrogen-bond donors (Lipinski definition) is 3. The fourth-order valence-electron chi connectivity index (χ4n) is 8.77. The van der Waals surface area contributed by atoms with Gasteiger partial charge in [0.2, 0.25) is 0 Å². The zero-order valence-electron chi connectivity index (χ0n) is 41.3. The summed E-state index contributed by atoms with van der Waals surface area (Å²) in [6, 6.07) is 14.0. The van der Waals surface area contributed by atoms with E-state index in [9.17, 15) is 14.4 Å². The van der Waals surface area contributed by atoms with Gasteiger partial charge in [0.1, 0.15) is 48.6 Å². The van der Waals surface area contributed by atoms with Crippen molar-refractivity contribution >= 4 is 107 Å². The summed E-state index contributed by atoms with van der Waals surface area (Å²) in [5, 5.41) is 6.25. The largest absolute Gasteiger partial charge is 0.491 e. The summed E-state index contributed by atoms with van der Waals surface area (Å²) in [6.45, 7) is 13.0. The molecule has 4 aromatic rings. The van der Waals surface area contributed by atoms with Gasteiger partial charge in [-0.05, 0) is 89.8 Å². The third-order valence-electron chi connectivity index (χ3n) is 11.9. The third-order valence-corrected chi connectivity index (χ3v) is 11.9. The number of amides is 2. The smallest absolute Gasteiger partial charge is 0.356 e. The van der Waals surface area contributed by atoms with Crippen molar-refractivity contribution < 1.29 is 52.3 Å². The number of nitrogens with zero attached hydrogens (tertiary/aromatic N) is 7. The van der Waals surface area contributed by atoms with Crippen molar-refractivity contribution in [2.45, 2.75) is 89.2 Å². The van der Waals surface area contributed by atoms with Crippen molar-refractivity contribution in [3.8, 4) is 11.5 Å². The summed E-state index contributed by atoms with van der Waals surface area (Å²) in [5.41, 5.74) is 7.96. The van der Waals surface area contributed by atoms with Crippen LogP contribution in [0.5, 0.6) is 11.5 Å². The lowest BCUT2D eigenvalue weighted by Gasteiger charge is -2.45. The van der Waals surface area contributed by atoms with Crippen LogP contribution in [0.1, 0.15) is 74.4 Å². The van der Waals surface area contributed by atoms with Gasteiger partial charge in [-0.1, -0.05) is 0 Å². The molecular formula is C47H68N10O11S4. The molecule has 0 unspecified atom stereocenters. The molecule has 0 spiro atoms. The number of methoxy groups -OCH3 is 2. The van der Waals surface area contributed by atoms with Gasteiger partial charge >= 0.3 is 18.0 Å². The SMILES string of the molecule is CC1(C)OC[C@H](COc2ccnc(N)c2)O1.COC(=O)c1ccc2c(n1)N(C(=O)Nc1cc(OC[C@H]3COC(C)(C)O3)ccn1)[C@H]1CCCN2C1.COC(=O)c1ccc2c(n1)N[C@H]1CCCN2C1.S.S.S.S. The Balaban J connectivity index is 0.000000255. The highest BCUT2D eigenvalue weighted by Gasteiger charge is 2.39. The Kier molecular flexibility index (Phi) is 21.6. The first-order chi connectivity index (χ1) is 32.7. The molecular weight excluding hydrogens is 1010 g/mol. The summed E-state index contributed by atoms with van der Waals surface area (Å²) in [6.07, 6.45) is 7.13. The van der Waals surface area contributed by atoms with Crippen LogP contribution in [0.2, 0.25) is 0 Å². The van der Waals surface area contributed by atoms with Crippen LogP contribution in [-0.2, 0) is 28.4 Å². The molecule has 21 nitrogen and oxygen atoms in total. The van der Waals surface area contributed by atoms with Crippen LogP contribution >= 0.6 is 54.0 Å². The van der Waals surface area contributed by atoms with Gasteiger partial charge in [-0.25, -0.2) is 34.3 Å². The minimum absolute atomic E-state index is 0. The van der Waals surface area contributed by atoms with E-state index in [0.717, 1.165) is 49.7 Å². The van der Waals surface area contributed by atoms with Crippen molar-refractivity contribution in [1.29, 1.82) is 0 Å². The van der Waals surface area contributed by atoms with E-state index in [1.165, 1.54) is 27.1 Å². The Morgan fingerprint density at radius 1 is 0.736 bits per heavy atom. The number of nitrogens with one attached hydrogen (secondary N) is 2. The lowest BCUT2D eigenvalue weighted by atomic mass is 10.00. The highest BCUT2D eigenvalue weighted by atomic mass is 32.1. The van der Waals surface area contributed by atoms with Crippen LogP contribution in [0.25, 0.3) is 0 Å². The Labute approximate surface area is 447 Å². The molecule has 4 aromatic heterocycles. The molecule has 6 aliphatic heterocycles. The van der Waals surface area contributed by atoms with Crippen LogP contribution < -0.4 is 40.5 Å². The average molecular weight is 1080 g/mol. The lowest BCUT2D eigenvalue weighted by Crippen LogP contribution is -2.56. The maximum Gasteiger partial charge on any atom is 0.356 e. The van der Waals surface area contributed by atoms with E-state index < -0.39 is 17.5 Å². The Morgan fingerprint density at radius 3 is 1.88 bits per heavy atom. The zero-order valence-corrected chi connectivity index (χ0v) is 45.3. The van der Waals surface area contributed by atoms with Crippen LogP contribution in [-0.4, -0.2) is 141 Å². The number of piperidine rings is 2. The van der Waals surface area contributed by atoms with E-state index in [2.05, 4.69) is 45.1 Å². The number of carbonyl (C=O) groups excluding carboxylic acids is 3. The molecule has 72 heavy (non-hydrogen) atoms. The summed E-state index contributed by atoms with van der Waals surface area (Å²) in [5.74, 6) is 1.22. The minimum Gasteiger partial charge on any atom is -0.491 e. The number of nitrogens with two attached hydrogens (primary N) is 1. The van der Waals surface area contributed by atoms with Crippen molar-refractivity contribution in [3.63, 3.8) is 0 Å². The van der Waals surface area contributed by atoms with Crippen molar-refractivity contribution in [1.82, 2.24) is 19.9 Å². The standard InChI is InChI=1S/C24H29N5O6.C12H15N3O2.C11H16N2O3.4H2S/c1-24(2)34-14-17(35-24)13-33-16-8-9-25-20(11-16)27-23(31)29-15-5-4-10-28(12-15)19-7-6-18(22(30)32-3)26-21(19)29;1-17-12(16)9-4-5-10-11(14-9)13-8-3-2-6-15(10)7-8;1-11(2)15-7-9(16-11)6-14-8-3-4-13-10(12)5-8;;;;/h6-9,11,15,17H,4-5,10,12-14H2,1-3H3,(H,25,27,31);4-5,8H,2-3,6-7H2,1H3,(H,13,14);3-5,9H,6-7H2,1-2H3,(H2,12,13);4*1H2/t15-,17-;8-;9-;;;;/m000..../s1. The number of anilines is 6. The van der Waals surface area contributed by atoms with Gasteiger partial charge in [-0.15, -0.1) is 0 Å².